The monoisotopic (exact) mass is 259 g/mol. The molecule has 3 heteroatoms. The smallest absolute Gasteiger partial charge is 0.201 e. The molecule has 0 saturated heterocycles. The minimum atomic E-state index is 0.712. The van der Waals surface area contributed by atoms with Crippen LogP contribution in [0.15, 0.2) is 53.2 Å². The van der Waals surface area contributed by atoms with E-state index in [2.05, 4.69) is 64.2 Å². The van der Waals surface area contributed by atoms with Crippen LogP contribution in [0.1, 0.15) is 20.3 Å². The summed E-state index contributed by atoms with van der Waals surface area (Å²) in [4.78, 5) is 8.99. The topological polar surface area (TPSA) is 18.8 Å². The van der Waals surface area contributed by atoms with E-state index in [1.165, 1.54) is 5.70 Å². The Labute approximate surface area is 117 Å². The normalized spacial score (nSPS) is 23.3. The first-order valence-electron chi connectivity index (χ1n) is 6.84. The number of hydrogen-bond donors (Lipinski definition) is 0. The van der Waals surface area contributed by atoms with Crippen LogP contribution in [0.3, 0.4) is 0 Å². The third-order valence-corrected chi connectivity index (χ3v) is 2.71. The van der Waals surface area contributed by atoms with Crippen LogP contribution >= 0.6 is 0 Å². The van der Waals surface area contributed by atoms with Crippen molar-refractivity contribution >= 4 is 5.96 Å². The fourth-order valence-corrected chi connectivity index (χ4v) is 1.94. The number of rotatable bonds is 3. The van der Waals surface area contributed by atoms with E-state index in [1.54, 1.807) is 0 Å². The Hall–Kier alpha value is -1.77. The molecule has 0 radical (unpaired) electrons. The van der Waals surface area contributed by atoms with Crippen molar-refractivity contribution in [2.45, 2.75) is 20.3 Å². The van der Waals surface area contributed by atoms with Crippen LogP contribution in [0, 0.1) is 0 Å². The second-order valence-corrected chi connectivity index (χ2v) is 4.54. The number of aliphatic imine (C=N–C) groups is 1. The van der Waals surface area contributed by atoms with Crippen molar-refractivity contribution in [3.8, 4) is 0 Å². The molecular weight excluding hydrogens is 234 g/mol. The van der Waals surface area contributed by atoms with Gasteiger partial charge in [-0.15, -0.1) is 0 Å². The van der Waals surface area contributed by atoms with Gasteiger partial charge in [0.15, 0.2) is 0 Å². The number of hydrogen-bond acceptors (Lipinski definition) is 3. The predicted octanol–water partition coefficient (Wildman–Crippen LogP) is 3.20. The maximum Gasteiger partial charge on any atom is 0.201 e. The molecule has 0 unspecified atom stereocenters. The van der Waals surface area contributed by atoms with Crippen LogP contribution < -0.4 is 0 Å². The average molecular weight is 259 g/mol. The fourth-order valence-electron chi connectivity index (χ4n) is 1.94. The molecule has 104 valence electrons. The van der Waals surface area contributed by atoms with Crippen molar-refractivity contribution < 1.29 is 0 Å². The molecule has 0 atom stereocenters. The Bertz CT molecular complexity index is 412. The summed E-state index contributed by atoms with van der Waals surface area (Å²) in [5.74, 6) is 0.994. The van der Waals surface area contributed by atoms with Crippen molar-refractivity contribution in [1.29, 1.82) is 0 Å². The van der Waals surface area contributed by atoms with E-state index >= 15 is 0 Å². The molecule has 0 aromatic rings. The number of guanidine groups is 1. The van der Waals surface area contributed by atoms with Gasteiger partial charge in [0.05, 0.1) is 6.54 Å². The van der Waals surface area contributed by atoms with Crippen molar-refractivity contribution in [3.05, 3.63) is 48.2 Å². The van der Waals surface area contributed by atoms with Gasteiger partial charge in [0.25, 0.3) is 0 Å². The second-order valence-electron chi connectivity index (χ2n) is 4.54. The highest BCUT2D eigenvalue weighted by Gasteiger charge is 2.15. The van der Waals surface area contributed by atoms with E-state index in [0.29, 0.717) is 6.54 Å². The molecule has 3 nitrogen and oxygen atoms in total. The lowest BCUT2D eigenvalue weighted by Gasteiger charge is -2.30. The van der Waals surface area contributed by atoms with Gasteiger partial charge in [0.1, 0.15) is 0 Å². The number of allylic oxidation sites excluding steroid dienone is 5. The van der Waals surface area contributed by atoms with E-state index < -0.39 is 0 Å². The molecule has 0 fully saturated rings. The summed E-state index contributed by atoms with van der Waals surface area (Å²) in [6, 6.07) is 0. The molecule has 0 amide bonds. The summed E-state index contributed by atoms with van der Waals surface area (Å²) in [5.41, 5.74) is 1.20. The largest absolute Gasteiger partial charge is 0.349 e. The molecule has 1 aliphatic rings. The van der Waals surface area contributed by atoms with Gasteiger partial charge in [-0.3, -0.25) is 0 Å². The summed E-state index contributed by atoms with van der Waals surface area (Å²) < 4.78 is 0. The molecule has 0 aromatic carbocycles. The molecular formula is C16H25N3. The van der Waals surface area contributed by atoms with Crippen LogP contribution in [-0.4, -0.2) is 42.9 Å². The maximum atomic E-state index is 4.68. The molecule has 0 aromatic heterocycles. The first-order chi connectivity index (χ1) is 9.20. The van der Waals surface area contributed by atoms with Gasteiger partial charge in [-0.25, -0.2) is 4.99 Å². The second kappa shape index (κ2) is 8.35. The van der Waals surface area contributed by atoms with Crippen molar-refractivity contribution in [2.24, 2.45) is 4.99 Å². The summed E-state index contributed by atoms with van der Waals surface area (Å²) in [6.07, 6.45) is 15.8. The summed E-state index contributed by atoms with van der Waals surface area (Å²) >= 11 is 0. The highest BCUT2D eigenvalue weighted by molar-refractivity contribution is 5.82. The van der Waals surface area contributed by atoms with Gasteiger partial charge < -0.3 is 9.80 Å². The molecule has 1 heterocycles. The summed E-state index contributed by atoms with van der Waals surface area (Å²) in [6.45, 7) is 5.74. The van der Waals surface area contributed by atoms with Crippen molar-refractivity contribution in [2.75, 3.05) is 27.2 Å². The lowest BCUT2D eigenvalue weighted by atomic mass is 10.2. The third-order valence-electron chi connectivity index (χ3n) is 2.71. The zero-order valence-corrected chi connectivity index (χ0v) is 12.5. The Morgan fingerprint density at radius 3 is 2.74 bits per heavy atom. The maximum absolute atomic E-state index is 4.68. The van der Waals surface area contributed by atoms with Crippen LogP contribution in [0.25, 0.3) is 0 Å². The van der Waals surface area contributed by atoms with Crippen LogP contribution in [0.2, 0.25) is 0 Å². The first-order valence-corrected chi connectivity index (χ1v) is 6.84. The summed E-state index contributed by atoms with van der Waals surface area (Å²) in [7, 11) is 4.08. The van der Waals surface area contributed by atoms with Crippen LogP contribution in [0.5, 0.6) is 0 Å². The zero-order valence-electron chi connectivity index (χ0n) is 12.5. The predicted molar refractivity (Wildman–Crippen MR) is 84.2 cm³/mol. The van der Waals surface area contributed by atoms with Crippen molar-refractivity contribution in [1.82, 2.24) is 9.80 Å². The molecule has 0 aliphatic carbocycles. The SMILES string of the molecule is C/C=C\C(=C/CC)N1C/C=C\C=C/C/N=C\1N(C)C. The van der Waals surface area contributed by atoms with Crippen LogP contribution in [-0.2, 0) is 0 Å². The van der Waals surface area contributed by atoms with Gasteiger partial charge in [-0.05, 0) is 19.4 Å². The Balaban J connectivity index is 3.14. The standard InChI is InChI=1S/C16H25N3/c1-5-11-15(12-6-2)19-14-10-8-7-9-13-17-16(19)18(3)4/h5,7-12H,6,13-14H2,1-4H3/b9-7-,10-8-,11-5-,15-12+,17-16-. The highest BCUT2D eigenvalue weighted by atomic mass is 15.4. The zero-order chi connectivity index (χ0) is 14.1. The fraction of sp³-hybridized carbons (Fsp3) is 0.438. The Morgan fingerprint density at radius 2 is 2.11 bits per heavy atom. The lowest BCUT2D eigenvalue weighted by Crippen LogP contribution is -2.40. The molecule has 19 heavy (non-hydrogen) atoms. The molecule has 0 saturated carbocycles. The first kappa shape index (κ1) is 15.3. The van der Waals surface area contributed by atoms with Gasteiger partial charge in [0.2, 0.25) is 5.96 Å². The van der Waals surface area contributed by atoms with Gasteiger partial charge in [-0.2, -0.15) is 0 Å². The van der Waals surface area contributed by atoms with Gasteiger partial charge in [0, 0.05) is 26.3 Å². The molecule has 0 N–H and O–H groups in total. The van der Waals surface area contributed by atoms with E-state index in [1.807, 2.05) is 21.0 Å². The van der Waals surface area contributed by atoms with Crippen LogP contribution in [0.4, 0.5) is 0 Å². The number of nitrogens with zero attached hydrogens (tertiary/aromatic N) is 3. The van der Waals surface area contributed by atoms with E-state index in [9.17, 15) is 0 Å². The molecule has 1 rings (SSSR count). The summed E-state index contributed by atoms with van der Waals surface area (Å²) in [5, 5.41) is 0. The van der Waals surface area contributed by atoms with E-state index in [-0.39, 0.29) is 0 Å². The third kappa shape index (κ3) is 4.78. The molecule has 1 aliphatic heterocycles. The minimum absolute atomic E-state index is 0.712. The van der Waals surface area contributed by atoms with E-state index in [4.69, 9.17) is 0 Å². The van der Waals surface area contributed by atoms with Gasteiger partial charge >= 0.3 is 0 Å². The quantitative estimate of drug-likeness (QED) is 0.725. The lowest BCUT2D eigenvalue weighted by molar-refractivity contribution is 0.467. The Morgan fingerprint density at radius 1 is 1.37 bits per heavy atom. The Kier molecular flexibility index (Phi) is 6.72. The average Bonchev–Trinajstić information content (AvgIpc) is 2.49. The molecule has 0 spiro atoms. The molecule has 0 bridgehead atoms. The van der Waals surface area contributed by atoms with Gasteiger partial charge in [-0.1, -0.05) is 43.4 Å². The minimum Gasteiger partial charge on any atom is -0.349 e. The van der Waals surface area contributed by atoms with E-state index in [0.717, 1.165) is 18.9 Å². The van der Waals surface area contributed by atoms with Crippen molar-refractivity contribution in [3.63, 3.8) is 0 Å². The highest BCUT2D eigenvalue weighted by Crippen LogP contribution is 2.12.